The molecule has 0 aromatic heterocycles. The molecule has 1 N–H and O–H groups in total. The van der Waals surface area contributed by atoms with Crippen LogP contribution in [-0.2, 0) is 22.2 Å². The predicted molar refractivity (Wildman–Crippen MR) is 84.5 cm³/mol. The van der Waals surface area contributed by atoms with Crippen LogP contribution in [0.2, 0.25) is 0 Å². The van der Waals surface area contributed by atoms with Gasteiger partial charge in [-0.2, -0.15) is 0 Å². The van der Waals surface area contributed by atoms with Crippen molar-refractivity contribution < 1.29 is 14.5 Å². The van der Waals surface area contributed by atoms with Gasteiger partial charge in [0.2, 0.25) is 0 Å². The van der Waals surface area contributed by atoms with Crippen molar-refractivity contribution in [3.63, 3.8) is 0 Å². The zero-order chi connectivity index (χ0) is 15.2. The fraction of sp³-hybridized carbons (Fsp3) is 0.235. The molecule has 0 saturated heterocycles. The molecule has 2 aromatic rings. The Morgan fingerprint density at radius 3 is 2.43 bits per heavy atom. The van der Waals surface area contributed by atoms with Crippen LogP contribution in [0.1, 0.15) is 24.5 Å². The molecular formula is C17H17O3P. The summed E-state index contributed by atoms with van der Waals surface area (Å²) in [5, 5.41) is 9.60. The van der Waals surface area contributed by atoms with Crippen molar-refractivity contribution in [2.45, 2.75) is 26.2 Å². The lowest BCUT2D eigenvalue weighted by atomic mass is 9.92. The molecule has 0 aliphatic heterocycles. The normalized spacial score (nSPS) is 10.7. The molecule has 108 valence electrons. The van der Waals surface area contributed by atoms with Crippen LogP contribution < -0.4 is 5.30 Å². The highest BCUT2D eigenvalue weighted by Crippen LogP contribution is 2.27. The summed E-state index contributed by atoms with van der Waals surface area (Å²) in [6.07, 6.45) is 1.54. The van der Waals surface area contributed by atoms with Gasteiger partial charge in [-0.15, -0.1) is 0 Å². The Bertz CT molecular complexity index is 648. The molecule has 0 heterocycles. The molecule has 0 radical (unpaired) electrons. The molecule has 0 aliphatic carbocycles. The molecule has 21 heavy (non-hydrogen) atoms. The first-order chi connectivity index (χ1) is 10.2. The molecule has 0 amide bonds. The number of aryl methyl sites for hydroxylation is 1. The molecule has 0 saturated carbocycles. The summed E-state index contributed by atoms with van der Waals surface area (Å²) < 4.78 is 10.8. The van der Waals surface area contributed by atoms with Gasteiger partial charge in [-0.25, -0.2) is 0 Å². The number of benzene rings is 2. The number of aliphatic carboxylic acids is 1. The standard InChI is InChI=1S/C17H17O3P/c1-2-15-12(8-11-17(18)19)4-3-5-16(15)13-6-9-14(21-20)10-7-13/h3-7,9-10H,2,8,11H2,1H3,(H,18,19). The summed E-state index contributed by atoms with van der Waals surface area (Å²) >= 11 is 0. The fourth-order valence-electron chi connectivity index (χ4n) is 2.50. The summed E-state index contributed by atoms with van der Waals surface area (Å²) in [7, 11) is 0.0214. The van der Waals surface area contributed by atoms with Crippen LogP contribution in [-0.4, -0.2) is 11.1 Å². The van der Waals surface area contributed by atoms with Crippen molar-refractivity contribution in [2.24, 2.45) is 0 Å². The quantitative estimate of drug-likeness (QED) is 0.824. The Hall–Kier alpha value is -1.99. The summed E-state index contributed by atoms with van der Waals surface area (Å²) in [6.45, 7) is 2.08. The summed E-state index contributed by atoms with van der Waals surface area (Å²) in [4.78, 5) is 10.8. The Morgan fingerprint density at radius 1 is 1.14 bits per heavy atom. The summed E-state index contributed by atoms with van der Waals surface area (Å²) in [6, 6.07) is 13.6. The first-order valence-electron chi connectivity index (χ1n) is 6.92. The Kier molecular flexibility index (Phi) is 5.24. The lowest BCUT2D eigenvalue weighted by molar-refractivity contribution is -0.136. The first-order valence-corrected chi connectivity index (χ1v) is 7.73. The SMILES string of the molecule is CCc1c(CCC(=O)O)cccc1-c1ccc(P=O)cc1. The summed E-state index contributed by atoms with van der Waals surface area (Å²) in [5.74, 6) is -0.777. The zero-order valence-corrected chi connectivity index (χ0v) is 12.8. The van der Waals surface area contributed by atoms with Gasteiger partial charge in [-0.05, 0) is 47.2 Å². The van der Waals surface area contributed by atoms with Crippen molar-refractivity contribution in [3.8, 4) is 11.1 Å². The Labute approximate surface area is 125 Å². The van der Waals surface area contributed by atoms with E-state index in [1.54, 1.807) is 0 Å². The molecule has 0 bridgehead atoms. The highest BCUT2D eigenvalue weighted by atomic mass is 31.1. The monoisotopic (exact) mass is 300 g/mol. The van der Waals surface area contributed by atoms with Gasteiger partial charge in [-0.1, -0.05) is 37.3 Å². The molecule has 2 aromatic carbocycles. The minimum absolute atomic E-state index is 0.0214. The molecule has 0 fully saturated rings. The van der Waals surface area contributed by atoms with E-state index in [-0.39, 0.29) is 14.9 Å². The second kappa shape index (κ2) is 7.14. The van der Waals surface area contributed by atoms with Crippen molar-refractivity contribution in [1.29, 1.82) is 0 Å². The average Bonchev–Trinajstić information content (AvgIpc) is 2.52. The minimum Gasteiger partial charge on any atom is -0.481 e. The van der Waals surface area contributed by atoms with E-state index in [9.17, 15) is 9.36 Å². The van der Waals surface area contributed by atoms with Crippen LogP contribution in [0.15, 0.2) is 42.5 Å². The van der Waals surface area contributed by atoms with E-state index in [1.165, 1.54) is 5.56 Å². The largest absolute Gasteiger partial charge is 0.481 e. The number of carboxylic acids is 1. The molecule has 0 aliphatic rings. The number of hydrogen-bond donors (Lipinski definition) is 1. The highest BCUT2D eigenvalue weighted by molar-refractivity contribution is 7.34. The van der Waals surface area contributed by atoms with Crippen LogP contribution in [0.3, 0.4) is 0 Å². The molecule has 4 heteroatoms. The van der Waals surface area contributed by atoms with E-state index in [0.717, 1.165) is 28.4 Å². The Balaban J connectivity index is 2.40. The second-order valence-corrected chi connectivity index (χ2v) is 5.53. The Morgan fingerprint density at radius 2 is 1.86 bits per heavy atom. The maximum absolute atomic E-state index is 10.8. The van der Waals surface area contributed by atoms with E-state index >= 15 is 0 Å². The second-order valence-electron chi connectivity index (χ2n) is 4.83. The molecule has 0 unspecified atom stereocenters. The maximum atomic E-state index is 10.8. The topological polar surface area (TPSA) is 54.4 Å². The molecule has 0 spiro atoms. The first kappa shape index (κ1) is 15.4. The van der Waals surface area contributed by atoms with E-state index in [4.69, 9.17) is 5.11 Å². The molecule has 0 atom stereocenters. The van der Waals surface area contributed by atoms with Crippen LogP contribution in [0, 0.1) is 0 Å². The summed E-state index contributed by atoms with van der Waals surface area (Å²) in [5.41, 5.74) is 4.46. The molecular weight excluding hydrogens is 283 g/mol. The van der Waals surface area contributed by atoms with Gasteiger partial charge >= 0.3 is 5.97 Å². The van der Waals surface area contributed by atoms with Gasteiger partial charge in [0.15, 0.2) is 8.46 Å². The van der Waals surface area contributed by atoms with Crippen LogP contribution >= 0.6 is 8.46 Å². The number of carboxylic acid groups (broad SMARTS) is 1. The van der Waals surface area contributed by atoms with E-state index in [0.29, 0.717) is 6.42 Å². The lowest BCUT2D eigenvalue weighted by Gasteiger charge is -2.13. The van der Waals surface area contributed by atoms with Crippen LogP contribution in [0.25, 0.3) is 11.1 Å². The third-order valence-corrected chi connectivity index (χ3v) is 4.03. The lowest BCUT2D eigenvalue weighted by Crippen LogP contribution is -2.02. The van der Waals surface area contributed by atoms with E-state index in [1.807, 2.05) is 42.5 Å². The number of hydrogen-bond acceptors (Lipinski definition) is 2. The van der Waals surface area contributed by atoms with Gasteiger partial charge in [0, 0.05) is 11.7 Å². The van der Waals surface area contributed by atoms with Gasteiger partial charge in [0.1, 0.15) is 0 Å². The maximum Gasteiger partial charge on any atom is 0.303 e. The van der Waals surface area contributed by atoms with Gasteiger partial charge in [0.25, 0.3) is 0 Å². The number of rotatable bonds is 6. The van der Waals surface area contributed by atoms with Crippen LogP contribution in [0.5, 0.6) is 0 Å². The highest BCUT2D eigenvalue weighted by Gasteiger charge is 2.10. The van der Waals surface area contributed by atoms with Crippen LogP contribution in [0.4, 0.5) is 0 Å². The molecule has 3 nitrogen and oxygen atoms in total. The third-order valence-electron chi connectivity index (χ3n) is 3.52. The third kappa shape index (κ3) is 3.77. The smallest absolute Gasteiger partial charge is 0.303 e. The van der Waals surface area contributed by atoms with Crippen molar-refractivity contribution in [3.05, 3.63) is 53.6 Å². The van der Waals surface area contributed by atoms with Gasteiger partial charge in [-0.3, -0.25) is 9.36 Å². The fourth-order valence-corrected chi connectivity index (χ4v) is 2.77. The van der Waals surface area contributed by atoms with Crippen molar-refractivity contribution in [2.75, 3.05) is 0 Å². The van der Waals surface area contributed by atoms with E-state index < -0.39 is 5.97 Å². The van der Waals surface area contributed by atoms with E-state index in [2.05, 4.69) is 6.92 Å². The predicted octanol–water partition coefficient (Wildman–Crippen LogP) is 3.85. The van der Waals surface area contributed by atoms with Crippen molar-refractivity contribution in [1.82, 2.24) is 0 Å². The van der Waals surface area contributed by atoms with Gasteiger partial charge in [0.05, 0.1) is 0 Å². The average molecular weight is 300 g/mol. The van der Waals surface area contributed by atoms with Crippen molar-refractivity contribution >= 4 is 19.7 Å². The van der Waals surface area contributed by atoms with Gasteiger partial charge < -0.3 is 5.11 Å². The number of carbonyl (C=O) groups is 1. The molecule has 2 rings (SSSR count). The zero-order valence-electron chi connectivity index (χ0n) is 11.9. The minimum atomic E-state index is -0.777.